The van der Waals surface area contributed by atoms with Crippen LogP contribution in [0.5, 0.6) is 0 Å². The Kier molecular flexibility index (Phi) is 7.83. The summed E-state index contributed by atoms with van der Waals surface area (Å²) in [6.45, 7) is -0.502. The first-order valence-electron chi connectivity index (χ1n) is 9.47. The van der Waals surface area contributed by atoms with Gasteiger partial charge in [0.05, 0.1) is 24.9 Å². The van der Waals surface area contributed by atoms with Gasteiger partial charge >= 0.3 is 11.9 Å². The molecule has 2 aromatic heterocycles. The summed E-state index contributed by atoms with van der Waals surface area (Å²) in [7, 11) is 1.25. The summed E-state index contributed by atoms with van der Waals surface area (Å²) in [5.41, 5.74) is 2.12. The smallest absolute Gasteiger partial charge is 0.328 e. The molecule has 1 aromatic carbocycles. The maximum Gasteiger partial charge on any atom is 0.328 e. The molecule has 0 spiro atoms. The van der Waals surface area contributed by atoms with Crippen LogP contribution in [0.1, 0.15) is 11.3 Å². The number of hydrogen-bond acceptors (Lipinski definition) is 8. The normalized spacial score (nSPS) is 11.4. The van der Waals surface area contributed by atoms with Crippen LogP contribution in [-0.2, 0) is 36.7 Å². The molecule has 1 atom stereocenters. The van der Waals surface area contributed by atoms with E-state index in [9.17, 15) is 14.4 Å². The number of nitrogens with one attached hydrogen (secondary N) is 1. The molecule has 9 heteroatoms. The van der Waals surface area contributed by atoms with Crippen LogP contribution in [0.25, 0.3) is 10.7 Å². The zero-order valence-electron chi connectivity index (χ0n) is 16.8. The molecular formula is C22H21N3O5S. The molecule has 8 nitrogen and oxygen atoms in total. The Labute approximate surface area is 183 Å². The topological polar surface area (TPSA) is 107 Å². The van der Waals surface area contributed by atoms with Crippen molar-refractivity contribution in [1.82, 2.24) is 15.3 Å². The van der Waals surface area contributed by atoms with Crippen LogP contribution >= 0.6 is 11.3 Å². The number of thiazole rings is 1. The van der Waals surface area contributed by atoms with Crippen LogP contribution < -0.4 is 5.32 Å². The SMILES string of the molecule is COC(=O)C(Cc1ccccc1)NC(=O)COC(=O)Cc1csc(-c2ccccn2)n1. The third-order valence-corrected chi connectivity index (χ3v) is 5.14. The predicted octanol–water partition coefficient (Wildman–Crippen LogP) is 2.19. The zero-order valence-corrected chi connectivity index (χ0v) is 17.6. The largest absolute Gasteiger partial charge is 0.467 e. The molecule has 0 aliphatic rings. The number of esters is 2. The van der Waals surface area contributed by atoms with E-state index in [1.807, 2.05) is 48.5 Å². The highest BCUT2D eigenvalue weighted by Crippen LogP contribution is 2.21. The first kappa shape index (κ1) is 22.1. The van der Waals surface area contributed by atoms with Crippen molar-refractivity contribution in [3.63, 3.8) is 0 Å². The summed E-state index contributed by atoms with van der Waals surface area (Å²) in [5, 5.41) is 4.99. The molecule has 0 fully saturated rings. The van der Waals surface area contributed by atoms with Crippen LogP contribution in [0.2, 0.25) is 0 Å². The quantitative estimate of drug-likeness (QED) is 0.509. The van der Waals surface area contributed by atoms with Gasteiger partial charge in [-0.1, -0.05) is 36.4 Å². The second-order valence-electron chi connectivity index (χ2n) is 6.53. The fourth-order valence-corrected chi connectivity index (χ4v) is 3.56. The van der Waals surface area contributed by atoms with Gasteiger partial charge in [-0.3, -0.25) is 14.6 Å². The number of hydrogen-bond donors (Lipinski definition) is 1. The lowest BCUT2D eigenvalue weighted by molar-refractivity contribution is -0.149. The highest BCUT2D eigenvalue weighted by Gasteiger charge is 2.22. The summed E-state index contributed by atoms with van der Waals surface area (Å²) in [6.07, 6.45) is 1.87. The Balaban J connectivity index is 1.49. The molecule has 0 aliphatic carbocycles. The van der Waals surface area contributed by atoms with E-state index in [2.05, 4.69) is 15.3 Å². The molecule has 1 amide bonds. The zero-order chi connectivity index (χ0) is 22.1. The van der Waals surface area contributed by atoms with E-state index in [4.69, 9.17) is 9.47 Å². The maximum atomic E-state index is 12.2. The van der Waals surface area contributed by atoms with Crippen molar-refractivity contribution in [2.45, 2.75) is 18.9 Å². The number of carbonyl (C=O) groups excluding carboxylic acids is 3. The average Bonchev–Trinajstić information content (AvgIpc) is 3.26. The van der Waals surface area contributed by atoms with E-state index < -0.39 is 30.5 Å². The molecule has 0 bridgehead atoms. The lowest BCUT2D eigenvalue weighted by atomic mass is 10.1. The maximum absolute atomic E-state index is 12.2. The number of rotatable bonds is 9. The van der Waals surface area contributed by atoms with E-state index in [0.717, 1.165) is 11.3 Å². The molecule has 0 radical (unpaired) electrons. The number of nitrogens with zero attached hydrogens (tertiary/aromatic N) is 2. The van der Waals surface area contributed by atoms with Gasteiger partial charge in [0.25, 0.3) is 5.91 Å². The van der Waals surface area contributed by atoms with Crippen LogP contribution in [0, 0.1) is 0 Å². The Morgan fingerprint density at radius 3 is 2.58 bits per heavy atom. The van der Waals surface area contributed by atoms with Gasteiger partial charge in [0.1, 0.15) is 11.0 Å². The van der Waals surface area contributed by atoms with Crippen LogP contribution in [0.15, 0.2) is 60.1 Å². The molecule has 2 heterocycles. The Morgan fingerprint density at radius 2 is 1.87 bits per heavy atom. The molecule has 31 heavy (non-hydrogen) atoms. The van der Waals surface area contributed by atoms with E-state index in [1.165, 1.54) is 18.4 Å². The van der Waals surface area contributed by atoms with Crippen LogP contribution in [-0.4, -0.2) is 47.6 Å². The van der Waals surface area contributed by atoms with Gasteiger partial charge in [0, 0.05) is 18.0 Å². The van der Waals surface area contributed by atoms with E-state index >= 15 is 0 Å². The van der Waals surface area contributed by atoms with Gasteiger partial charge in [-0.2, -0.15) is 0 Å². The van der Waals surface area contributed by atoms with Gasteiger partial charge in [0.2, 0.25) is 0 Å². The van der Waals surface area contributed by atoms with Crippen molar-refractivity contribution in [1.29, 1.82) is 0 Å². The molecule has 160 valence electrons. The summed E-state index contributed by atoms with van der Waals surface area (Å²) >= 11 is 1.37. The number of methoxy groups -OCH3 is 1. The molecule has 0 saturated carbocycles. The molecule has 0 aliphatic heterocycles. The number of ether oxygens (including phenoxy) is 2. The minimum atomic E-state index is -0.877. The standard InChI is InChI=1S/C22H21N3O5S/c1-29-22(28)18(11-15-7-3-2-4-8-15)25-19(26)13-30-20(27)12-16-14-31-21(24-16)17-9-5-6-10-23-17/h2-10,14,18H,11-13H2,1H3,(H,25,26). The Hall–Kier alpha value is -3.59. The monoisotopic (exact) mass is 439 g/mol. The number of benzene rings is 1. The highest BCUT2D eigenvalue weighted by molar-refractivity contribution is 7.13. The third-order valence-electron chi connectivity index (χ3n) is 4.23. The van der Waals surface area contributed by atoms with Gasteiger partial charge in [-0.05, 0) is 17.7 Å². The van der Waals surface area contributed by atoms with Crippen molar-refractivity contribution >= 4 is 29.2 Å². The molecule has 1 N–H and O–H groups in total. The second-order valence-corrected chi connectivity index (χ2v) is 7.39. The van der Waals surface area contributed by atoms with E-state index in [-0.39, 0.29) is 12.8 Å². The first-order chi connectivity index (χ1) is 15.0. The molecule has 3 rings (SSSR count). The predicted molar refractivity (Wildman–Crippen MR) is 114 cm³/mol. The van der Waals surface area contributed by atoms with E-state index in [1.54, 1.807) is 11.6 Å². The number of aromatic nitrogens is 2. The molecular weight excluding hydrogens is 418 g/mol. The summed E-state index contributed by atoms with van der Waals surface area (Å²) in [5.74, 6) is -1.76. The highest BCUT2D eigenvalue weighted by atomic mass is 32.1. The fourth-order valence-electron chi connectivity index (χ4n) is 2.76. The molecule has 3 aromatic rings. The van der Waals surface area contributed by atoms with Crippen molar-refractivity contribution in [3.8, 4) is 10.7 Å². The van der Waals surface area contributed by atoms with Crippen LogP contribution in [0.3, 0.4) is 0 Å². The van der Waals surface area contributed by atoms with Gasteiger partial charge in [0.15, 0.2) is 6.61 Å². The van der Waals surface area contributed by atoms with Crippen molar-refractivity contribution in [2.75, 3.05) is 13.7 Å². The Bertz CT molecular complexity index is 1020. The number of amides is 1. The van der Waals surface area contributed by atoms with Gasteiger partial charge < -0.3 is 14.8 Å². The lowest BCUT2D eigenvalue weighted by Crippen LogP contribution is -2.44. The first-order valence-corrected chi connectivity index (χ1v) is 10.4. The average molecular weight is 439 g/mol. The lowest BCUT2D eigenvalue weighted by Gasteiger charge is -2.16. The summed E-state index contributed by atoms with van der Waals surface area (Å²) in [4.78, 5) is 44.9. The van der Waals surface area contributed by atoms with Crippen molar-refractivity contribution < 1.29 is 23.9 Å². The van der Waals surface area contributed by atoms with Gasteiger partial charge in [-0.25, -0.2) is 9.78 Å². The molecule has 1 unspecified atom stereocenters. The summed E-state index contributed by atoms with van der Waals surface area (Å²) in [6, 6.07) is 13.8. The van der Waals surface area contributed by atoms with Gasteiger partial charge in [-0.15, -0.1) is 11.3 Å². The minimum absolute atomic E-state index is 0.0684. The van der Waals surface area contributed by atoms with E-state index in [0.29, 0.717) is 10.7 Å². The Morgan fingerprint density at radius 1 is 1.10 bits per heavy atom. The van der Waals surface area contributed by atoms with Crippen molar-refractivity contribution in [2.24, 2.45) is 0 Å². The van der Waals surface area contributed by atoms with Crippen LogP contribution in [0.4, 0.5) is 0 Å². The number of carbonyl (C=O) groups is 3. The van der Waals surface area contributed by atoms with Crippen molar-refractivity contribution in [3.05, 3.63) is 71.4 Å². The fraction of sp³-hybridized carbons (Fsp3) is 0.227. The molecule has 0 saturated heterocycles. The number of pyridine rings is 1. The second kappa shape index (κ2) is 11.0. The summed E-state index contributed by atoms with van der Waals surface area (Å²) < 4.78 is 9.79. The third kappa shape index (κ3) is 6.71. The minimum Gasteiger partial charge on any atom is -0.467 e.